The Morgan fingerprint density at radius 2 is 1.76 bits per heavy atom. The van der Waals surface area contributed by atoms with Crippen LogP contribution < -0.4 is 9.47 Å². The van der Waals surface area contributed by atoms with Crippen molar-refractivity contribution in [1.29, 1.82) is 0 Å². The van der Waals surface area contributed by atoms with Gasteiger partial charge in [-0.05, 0) is 30.4 Å². The molecule has 0 amide bonds. The van der Waals surface area contributed by atoms with Crippen LogP contribution in [0.2, 0.25) is 0 Å². The zero-order valence-electron chi connectivity index (χ0n) is 13.4. The monoisotopic (exact) mass is 292 g/mol. The standard InChI is InChI=1S/C17H24O4/c1-16(2,3)11-8-14(21-5)12(9-13(11)20-4)17(6-7-17)10-15(18)19/h8-9H,6-7,10H2,1-5H3,(H,18,19). The fraction of sp³-hybridized carbons (Fsp3) is 0.588. The fourth-order valence-corrected chi connectivity index (χ4v) is 2.88. The minimum atomic E-state index is -0.770. The van der Waals surface area contributed by atoms with E-state index in [1.807, 2.05) is 12.1 Å². The summed E-state index contributed by atoms with van der Waals surface area (Å²) in [6.07, 6.45) is 1.91. The van der Waals surface area contributed by atoms with Crippen molar-refractivity contribution < 1.29 is 19.4 Å². The summed E-state index contributed by atoms with van der Waals surface area (Å²) in [5, 5.41) is 9.15. The van der Waals surface area contributed by atoms with E-state index in [1.165, 1.54) is 0 Å². The lowest BCUT2D eigenvalue weighted by Crippen LogP contribution is -2.17. The summed E-state index contributed by atoms with van der Waals surface area (Å²) in [4.78, 5) is 11.1. The number of carboxylic acids is 1. The van der Waals surface area contributed by atoms with Crippen molar-refractivity contribution >= 4 is 5.97 Å². The lowest BCUT2D eigenvalue weighted by atomic mass is 9.82. The van der Waals surface area contributed by atoms with Crippen LogP contribution in [0.5, 0.6) is 11.5 Å². The molecule has 1 aromatic rings. The van der Waals surface area contributed by atoms with Crippen LogP contribution in [0.15, 0.2) is 12.1 Å². The molecule has 1 aliphatic carbocycles. The maximum atomic E-state index is 11.1. The second-order valence-electron chi connectivity index (χ2n) is 6.85. The molecule has 1 saturated carbocycles. The van der Waals surface area contributed by atoms with Gasteiger partial charge in [0, 0.05) is 16.5 Å². The Morgan fingerprint density at radius 3 is 2.14 bits per heavy atom. The number of hydrogen-bond donors (Lipinski definition) is 1. The third-order valence-electron chi connectivity index (χ3n) is 4.24. The van der Waals surface area contributed by atoms with Crippen molar-refractivity contribution in [2.24, 2.45) is 0 Å². The van der Waals surface area contributed by atoms with E-state index < -0.39 is 5.97 Å². The summed E-state index contributed by atoms with van der Waals surface area (Å²) in [5.41, 5.74) is 1.66. The molecule has 0 aromatic heterocycles. The highest BCUT2D eigenvalue weighted by Gasteiger charge is 2.48. The predicted molar refractivity (Wildman–Crippen MR) is 81.4 cm³/mol. The average Bonchev–Trinajstić information content (AvgIpc) is 3.15. The van der Waals surface area contributed by atoms with E-state index in [0.29, 0.717) is 0 Å². The van der Waals surface area contributed by atoms with E-state index >= 15 is 0 Å². The van der Waals surface area contributed by atoms with Crippen LogP contribution in [-0.2, 0) is 15.6 Å². The van der Waals surface area contributed by atoms with E-state index in [-0.39, 0.29) is 17.3 Å². The summed E-state index contributed by atoms with van der Waals surface area (Å²) in [6, 6.07) is 3.96. The van der Waals surface area contributed by atoms with Gasteiger partial charge in [-0.1, -0.05) is 20.8 Å². The summed E-state index contributed by atoms with van der Waals surface area (Å²) < 4.78 is 11.1. The van der Waals surface area contributed by atoms with Crippen LogP contribution in [-0.4, -0.2) is 25.3 Å². The normalized spacial score (nSPS) is 16.4. The van der Waals surface area contributed by atoms with Crippen LogP contribution in [0.25, 0.3) is 0 Å². The Kier molecular flexibility index (Phi) is 3.91. The third kappa shape index (κ3) is 2.99. The van der Waals surface area contributed by atoms with Gasteiger partial charge in [0.05, 0.1) is 20.6 Å². The first-order chi connectivity index (χ1) is 9.73. The number of carbonyl (C=O) groups is 1. The van der Waals surface area contributed by atoms with E-state index in [2.05, 4.69) is 20.8 Å². The summed E-state index contributed by atoms with van der Waals surface area (Å²) in [6.45, 7) is 6.36. The van der Waals surface area contributed by atoms with Crippen molar-refractivity contribution in [2.45, 2.75) is 50.9 Å². The molecule has 4 heteroatoms. The van der Waals surface area contributed by atoms with Gasteiger partial charge < -0.3 is 14.6 Å². The number of benzene rings is 1. The Labute approximate surface area is 126 Å². The Morgan fingerprint density at radius 1 is 1.19 bits per heavy atom. The third-order valence-corrected chi connectivity index (χ3v) is 4.24. The van der Waals surface area contributed by atoms with E-state index in [1.54, 1.807) is 14.2 Å². The van der Waals surface area contributed by atoms with E-state index in [9.17, 15) is 4.79 Å². The van der Waals surface area contributed by atoms with Gasteiger partial charge in [0.2, 0.25) is 0 Å². The highest BCUT2D eigenvalue weighted by Crippen LogP contribution is 2.55. The van der Waals surface area contributed by atoms with Gasteiger partial charge in [0.1, 0.15) is 11.5 Å². The molecule has 1 aliphatic rings. The molecule has 1 N–H and O–H groups in total. The van der Waals surface area contributed by atoms with Gasteiger partial charge in [0.15, 0.2) is 0 Å². The van der Waals surface area contributed by atoms with E-state index in [4.69, 9.17) is 14.6 Å². The minimum absolute atomic E-state index is 0.0688. The van der Waals surface area contributed by atoms with Gasteiger partial charge in [-0.2, -0.15) is 0 Å². The van der Waals surface area contributed by atoms with Crippen molar-refractivity contribution in [3.8, 4) is 11.5 Å². The molecule has 21 heavy (non-hydrogen) atoms. The first-order valence-corrected chi connectivity index (χ1v) is 7.22. The van der Waals surface area contributed by atoms with Gasteiger partial charge in [-0.15, -0.1) is 0 Å². The van der Waals surface area contributed by atoms with Gasteiger partial charge in [-0.3, -0.25) is 4.79 Å². The SMILES string of the molecule is COc1cc(C2(CC(=O)O)CC2)c(OC)cc1C(C)(C)C. The Hall–Kier alpha value is -1.71. The van der Waals surface area contributed by atoms with Gasteiger partial charge >= 0.3 is 5.97 Å². The molecule has 1 fully saturated rings. The maximum Gasteiger partial charge on any atom is 0.304 e. The second kappa shape index (κ2) is 5.24. The molecule has 0 spiro atoms. The molecular formula is C17H24O4. The van der Waals surface area contributed by atoms with Crippen molar-refractivity contribution in [2.75, 3.05) is 14.2 Å². The molecule has 2 rings (SSSR count). The molecular weight excluding hydrogens is 268 g/mol. The molecule has 0 heterocycles. The fourth-order valence-electron chi connectivity index (χ4n) is 2.88. The molecule has 4 nitrogen and oxygen atoms in total. The molecule has 1 aromatic carbocycles. The number of hydrogen-bond acceptors (Lipinski definition) is 3. The average molecular weight is 292 g/mol. The number of aliphatic carboxylic acids is 1. The number of ether oxygens (including phenoxy) is 2. The van der Waals surface area contributed by atoms with Crippen LogP contribution >= 0.6 is 0 Å². The smallest absolute Gasteiger partial charge is 0.304 e. The van der Waals surface area contributed by atoms with E-state index in [0.717, 1.165) is 35.5 Å². The molecule has 0 radical (unpaired) electrons. The summed E-state index contributed by atoms with van der Waals surface area (Å²) in [5.74, 6) is 0.794. The molecule has 0 aliphatic heterocycles. The molecule has 116 valence electrons. The lowest BCUT2D eigenvalue weighted by Gasteiger charge is -2.26. The van der Waals surface area contributed by atoms with Crippen LogP contribution in [0, 0.1) is 0 Å². The number of carboxylic acid groups (broad SMARTS) is 1. The van der Waals surface area contributed by atoms with Crippen LogP contribution in [0.4, 0.5) is 0 Å². The Balaban J connectivity index is 2.55. The van der Waals surface area contributed by atoms with Crippen molar-refractivity contribution in [3.63, 3.8) is 0 Å². The molecule has 0 unspecified atom stereocenters. The maximum absolute atomic E-state index is 11.1. The number of methoxy groups -OCH3 is 2. The highest BCUT2D eigenvalue weighted by molar-refractivity contribution is 5.71. The summed E-state index contributed by atoms with van der Waals surface area (Å²) >= 11 is 0. The van der Waals surface area contributed by atoms with Gasteiger partial charge in [-0.25, -0.2) is 0 Å². The van der Waals surface area contributed by atoms with Crippen LogP contribution in [0.1, 0.15) is 51.2 Å². The van der Waals surface area contributed by atoms with Crippen molar-refractivity contribution in [3.05, 3.63) is 23.3 Å². The summed E-state index contributed by atoms with van der Waals surface area (Å²) in [7, 11) is 3.28. The number of rotatable bonds is 5. The molecule has 0 atom stereocenters. The zero-order valence-corrected chi connectivity index (χ0v) is 13.4. The predicted octanol–water partition coefficient (Wildman–Crippen LogP) is 3.51. The van der Waals surface area contributed by atoms with Crippen molar-refractivity contribution in [1.82, 2.24) is 0 Å². The molecule has 0 saturated heterocycles. The topological polar surface area (TPSA) is 55.8 Å². The quantitative estimate of drug-likeness (QED) is 0.902. The molecule has 0 bridgehead atoms. The largest absolute Gasteiger partial charge is 0.496 e. The zero-order chi connectivity index (χ0) is 15.8. The first-order valence-electron chi connectivity index (χ1n) is 7.22. The lowest BCUT2D eigenvalue weighted by molar-refractivity contribution is -0.137. The highest BCUT2D eigenvalue weighted by atomic mass is 16.5. The Bertz CT molecular complexity index is 551. The van der Waals surface area contributed by atoms with Crippen LogP contribution in [0.3, 0.4) is 0 Å². The first kappa shape index (κ1) is 15.7. The minimum Gasteiger partial charge on any atom is -0.496 e. The van der Waals surface area contributed by atoms with Gasteiger partial charge in [0.25, 0.3) is 0 Å². The second-order valence-corrected chi connectivity index (χ2v) is 6.85.